The summed E-state index contributed by atoms with van der Waals surface area (Å²) in [6.45, 7) is 0.780. The van der Waals surface area contributed by atoms with Gasteiger partial charge in [0.2, 0.25) is 0 Å². The van der Waals surface area contributed by atoms with Crippen molar-refractivity contribution in [3.63, 3.8) is 0 Å². The van der Waals surface area contributed by atoms with Crippen LogP contribution in [0.3, 0.4) is 0 Å². The molecule has 0 saturated carbocycles. The minimum absolute atomic E-state index is 0.772. The molecule has 1 aromatic carbocycles. The van der Waals surface area contributed by atoms with Crippen LogP contribution in [0.4, 0.5) is 5.82 Å². The molecule has 22 heavy (non-hydrogen) atoms. The van der Waals surface area contributed by atoms with Gasteiger partial charge in [-0.05, 0) is 35.0 Å². The average molecular weight is 323 g/mol. The van der Waals surface area contributed by atoms with Gasteiger partial charge in [0.15, 0.2) is 5.82 Å². The van der Waals surface area contributed by atoms with E-state index in [9.17, 15) is 0 Å². The highest BCUT2D eigenvalue weighted by molar-refractivity contribution is 7.09. The highest BCUT2D eigenvalue weighted by Crippen LogP contribution is 2.26. The molecular weight excluding hydrogens is 310 g/mol. The number of aromatic nitrogens is 2. The van der Waals surface area contributed by atoms with Gasteiger partial charge in [0, 0.05) is 21.2 Å². The van der Waals surface area contributed by atoms with Gasteiger partial charge in [0.25, 0.3) is 0 Å². The SMILES string of the molecule is c1csc(CNc2nc(-c3ccsc3)nc3ccccc23)c1. The van der Waals surface area contributed by atoms with E-state index in [1.54, 1.807) is 22.7 Å². The van der Waals surface area contributed by atoms with Crippen LogP contribution in [0.15, 0.2) is 58.6 Å². The number of nitrogens with zero attached hydrogens (tertiary/aromatic N) is 2. The van der Waals surface area contributed by atoms with Crippen LogP contribution in [-0.4, -0.2) is 9.97 Å². The Labute approximate surface area is 136 Å². The first-order valence-corrected chi connectivity index (χ1v) is 8.78. The van der Waals surface area contributed by atoms with Gasteiger partial charge >= 0.3 is 0 Å². The Morgan fingerprint density at radius 3 is 2.73 bits per heavy atom. The molecule has 108 valence electrons. The highest BCUT2D eigenvalue weighted by Gasteiger charge is 2.09. The van der Waals surface area contributed by atoms with Crippen LogP contribution < -0.4 is 5.32 Å². The van der Waals surface area contributed by atoms with Crippen molar-refractivity contribution in [3.05, 3.63) is 63.5 Å². The molecule has 0 bridgehead atoms. The van der Waals surface area contributed by atoms with Crippen LogP contribution in [0.2, 0.25) is 0 Å². The molecule has 3 heterocycles. The Balaban J connectivity index is 1.77. The van der Waals surface area contributed by atoms with Gasteiger partial charge in [-0.25, -0.2) is 9.97 Å². The molecule has 0 aliphatic rings. The topological polar surface area (TPSA) is 37.8 Å². The zero-order chi connectivity index (χ0) is 14.8. The molecule has 3 aromatic heterocycles. The zero-order valence-electron chi connectivity index (χ0n) is 11.7. The van der Waals surface area contributed by atoms with Crippen molar-refractivity contribution in [1.29, 1.82) is 0 Å². The van der Waals surface area contributed by atoms with Gasteiger partial charge in [-0.2, -0.15) is 11.3 Å². The Morgan fingerprint density at radius 2 is 1.91 bits per heavy atom. The number of hydrogen-bond acceptors (Lipinski definition) is 5. The monoisotopic (exact) mass is 323 g/mol. The maximum absolute atomic E-state index is 4.73. The van der Waals surface area contributed by atoms with Crippen LogP contribution in [0, 0.1) is 0 Å². The van der Waals surface area contributed by atoms with Crippen LogP contribution in [-0.2, 0) is 6.54 Å². The molecule has 0 fully saturated rings. The second-order valence-electron chi connectivity index (χ2n) is 4.86. The van der Waals surface area contributed by atoms with Crippen molar-refractivity contribution in [1.82, 2.24) is 9.97 Å². The normalized spacial score (nSPS) is 10.9. The Hall–Kier alpha value is -2.24. The molecular formula is C17H13N3S2. The molecule has 3 nitrogen and oxygen atoms in total. The van der Waals surface area contributed by atoms with Crippen molar-refractivity contribution >= 4 is 39.4 Å². The quantitative estimate of drug-likeness (QED) is 0.572. The molecule has 1 N–H and O–H groups in total. The fourth-order valence-corrected chi connectivity index (χ4v) is 3.60. The van der Waals surface area contributed by atoms with Crippen molar-refractivity contribution in [2.75, 3.05) is 5.32 Å². The lowest BCUT2D eigenvalue weighted by atomic mass is 10.2. The summed E-state index contributed by atoms with van der Waals surface area (Å²) in [7, 11) is 0. The molecule has 0 aliphatic carbocycles. The number of fused-ring (bicyclic) bond motifs is 1. The number of benzene rings is 1. The summed E-state index contributed by atoms with van der Waals surface area (Å²) in [5.41, 5.74) is 2.03. The second kappa shape index (κ2) is 5.87. The van der Waals surface area contributed by atoms with Gasteiger partial charge in [0.05, 0.1) is 12.1 Å². The molecule has 0 saturated heterocycles. The molecule has 5 heteroatoms. The largest absolute Gasteiger partial charge is 0.365 e. The minimum atomic E-state index is 0.772. The Bertz CT molecular complexity index is 884. The molecule has 0 amide bonds. The fraction of sp³-hybridized carbons (Fsp3) is 0.0588. The van der Waals surface area contributed by atoms with Crippen molar-refractivity contribution in [2.45, 2.75) is 6.54 Å². The van der Waals surface area contributed by atoms with E-state index in [0.717, 1.165) is 34.7 Å². The maximum Gasteiger partial charge on any atom is 0.162 e. The maximum atomic E-state index is 4.73. The van der Waals surface area contributed by atoms with Gasteiger partial charge < -0.3 is 5.32 Å². The first-order valence-electron chi connectivity index (χ1n) is 6.96. The summed E-state index contributed by atoms with van der Waals surface area (Å²) in [5, 5.41) is 10.7. The summed E-state index contributed by atoms with van der Waals surface area (Å²) < 4.78 is 0. The van der Waals surface area contributed by atoms with Crippen LogP contribution in [0.1, 0.15) is 4.88 Å². The van der Waals surface area contributed by atoms with E-state index < -0.39 is 0 Å². The molecule has 0 atom stereocenters. The molecule has 0 radical (unpaired) electrons. The third-order valence-electron chi connectivity index (χ3n) is 3.39. The van der Waals surface area contributed by atoms with Gasteiger partial charge in [-0.15, -0.1) is 11.3 Å². The standard InChI is InChI=1S/C17H13N3S2/c1-2-6-15-14(5-1)17(18-10-13-4-3-8-22-13)20-16(19-15)12-7-9-21-11-12/h1-9,11H,10H2,(H,18,19,20). The first-order chi connectivity index (χ1) is 10.9. The van der Waals surface area contributed by atoms with Crippen LogP contribution in [0.5, 0.6) is 0 Å². The summed E-state index contributed by atoms with van der Waals surface area (Å²) in [5.74, 6) is 1.66. The summed E-state index contributed by atoms with van der Waals surface area (Å²) in [6.07, 6.45) is 0. The van der Waals surface area contributed by atoms with Gasteiger partial charge in [-0.1, -0.05) is 18.2 Å². The summed E-state index contributed by atoms with van der Waals surface area (Å²) >= 11 is 3.40. The van der Waals surface area contributed by atoms with E-state index in [-0.39, 0.29) is 0 Å². The van der Waals surface area contributed by atoms with E-state index in [1.165, 1.54) is 4.88 Å². The Kier molecular flexibility index (Phi) is 3.58. The predicted molar refractivity (Wildman–Crippen MR) is 94.5 cm³/mol. The number of thiophene rings is 2. The smallest absolute Gasteiger partial charge is 0.162 e. The van der Waals surface area contributed by atoms with E-state index in [1.807, 2.05) is 23.6 Å². The van der Waals surface area contributed by atoms with Gasteiger partial charge in [-0.3, -0.25) is 0 Å². The lowest BCUT2D eigenvalue weighted by Gasteiger charge is -2.09. The van der Waals surface area contributed by atoms with Crippen molar-refractivity contribution in [3.8, 4) is 11.4 Å². The molecule has 0 spiro atoms. The lowest BCUT2D eigenvalue weighted by Crippen LogP contribution is -2.03. The number of rotatable bonds is 4. The van der Waals surface area contributed by atoms with Gasteiger partial charge in [0.1, 0.15) is 5.82 Å². The molecule has 4 aromatic rings. The van der Waals surface area contributed by atoms with Crippen molar-refractivity contribution in [2.24, 2.45) is 0 Å². The first kappa shape index (κ1) is 13.4. The van der Waals surface area contributed by atoms with E-state index in [2.05, 4.69) is 45.3 Å². The zero-order valence-corrected chi connectivity index (χ0v) is 13.3. The van der Waals surface area contributed by atoms with Crippen LogP contribution >= 0.6 is 22.7 Å². The molecule has 0 aliphatic heterocycles. The third kappa shape index (κ3) is 2.61. The van der Waals surface area contributed by atoms with Crippen LogP contribution in [0.25, 0.3) is 22.3 Å². The minimum Gasteiger partial charge on any atom is -0.365 e. The second-order valence-corrected chi connectivity index (χ2v) is 6.67. The third-order valence-corrected chi connectivity index (χ3v) is 4.95. The number of para-hydroxylation sites is 1. The molecule has 4 rings (SSSR count). The lowest BCUT2D eigenvalue weighted by molar-refractivity contribution is 1.13. The predicted octanol–water partition coefficient (Wildman–Crippen LogP) is 5.03. The fourth-order valence-electron chi connectivity index (χ4n) is 2.32. The molecule has 0 unspecified atom stereocenters. The highest BCUT2D eigenvalue weighted by atomic mass is 32.1. The summed E-state index contributed by atoms with van der Waals surface area (Å²) in [4.78, 5) is 10.7. The number of hydrogen-bond donors (Lipinski definition) is 1. The van der Waals surface area contributed by atoms with E-state index >= 15 is 0 Å². The van der Waals surface area contributed by atoms with Crippen molar-refractivity contribution < 1.29 is 0 Å². The Morgan fingerprint density at radius 1 is 0.955 bits per heavy atom. The van der Waals surface area contributed by atoms with E-state index in [4.69, 9.17) is 4.98 Å². The van der Waals surface area contributed by atoms with E-state index in [0.29, 0.717) is 0 Å². The summed E-state index contributed by atoms with van der Waals surface area (Å²) in [6, 6.07) is 14.4. The number of anilines is 1. The number of nitrogens with one attached hydrogen (secondary N) is 1. The average Bonchev–Trinajstić information content (AvgIpc) is 3.25.